The first-order chi connectivity index (χ1) is 15.2. The molecule has 1 atom stereocenters. The van der Waals surface area contributed by atoms with Crippen molar-refractivity contribution in [2.75, 3.05) is 11.4 Å². The minimum atomic E-state index is -4.63. The van der Waals surface area contributed by atoms with E-state index in [0.29, 0.717) is 24.3 Å². The molecule has 0 fully saturated rings. The molecule has 0 aliphatic carbocycles. The van der Waals surface area contributed by atoms with Crippen LogP contribution in [0.15, 0.2) is 42.9 Å². The molecule has 12 heteroatoms. The Morgan fingerprint density at radius 1 is 1.28 bits per heavy atom. The van der Waals surface area contributed by atoms with Crippen molar-refractivity contribution in [3.8, 4) is 5.82 Å². The molecular formula is C20H18ClF3N6O2. The van der Waals surface area contributed by atoms with Crippen LogP contribution in [0.2, 0.25) is 5.02 Å². The largest absolute Gasteiger partial charge is 0.416 e. The summed E-state index contributed by atoms with van der Waals surface area (Å²) >= 11 is 5.86. The number of anilines is 1. The van der Waals surface area contributed by atoms with Gasteiger partial charge in [-0.05, 0) is 44.2 Å². The van der Waals surface area contributed by atoms with E-state index in [-0.39, 0.29) is 22.4 Å². The molecule has 0 saturated heterocycles. The van der Waals surface area contributed by atoms with Crippen LogP contribution in [0.25, 0.3) is 5.82 Å². The van der Waals surface area contributed by atoms with Gasteiger partial charge in [-0.3, -0.25) is 9.59 Å². The van der Waals surface area contributed by atoms with E-state index < -0.39 is 17.8 Å². The minimum Gasteiger partial charge on any atom is -0.352 e. The molecule has 0 aliphatic heterocycles. The fourth-order valence-electron chi connectivity index (χ4n) is 3.01. The molecule has 3 aromatic rings. The van der Waals surface area contributed by atoms with Crippen molar-refractivity contribution in [1.82, 2.24) is 25.1 Å². The number of pyridine rings is 1. The van der Waals surface area contributed by atoms with Gasteiger partial charge in [0, 0.05) is 23.5 Å². The Bertz CT molecular complexity index is 1120. The lowest BCUT2D eigenvalue weighted by Crippen LogP contribution is -2.28. The maximum atomic E-state index is 13.2. The predicted molar refractivity (Wildman–Crippen MR) is 111 cm³/mol. The van der Waals surface area contributed by atoms with Gasteiger partial charge >= 0.3 is 6.18 Å². The van der Waals surface area contributed by atoms with Crippen LogP contribution in [-0.4, -0.2) is 38.6 Å². The molecule has 0 saturated carbocycles. The number of carbonyl (C=O) groups is 2. The number of aromatic nitrogens is 4. The van der Waals surface area contributed by atoms with Crippen molar-refractivity contribution in [2.45, 2.75) is 26.1 Å². The first kappa shape index (κ1) is 23.2. The van der Waals surface area contributed by atoms with Gasteiger partial charge in [0.25, 0.3) is 5.91 Å². The topological polar surface area (TPSA) is 93.0 Å². The fraction of sp³-hybridized carbons (Fsp3) is 0.250. The van der Waals surface area contributed by atoms with Gasteiger partial charge in [-0.2, -0.15) is 23.0 Å². The van der Waals surface area contributed by atoms with Gasteiger partial charge in [-0.25, -0.2) is 9.97 Å². The van der Waals surface area contributed by atoms with Gasteiger partial charge in [0.1, 0.15) is 6.33 Å². The molecule has 2 amide bonds. The maximum absolute atomic E-state index is 13.2. The molecule has 168 valence electrons. The zero-order valence-electron chi connectivity index (χ0n) is 17.0. The van der Waals surface area contributed by atoms with Crippen molar-refractivity contribution in [1.29, 1.82) is 0 Å². The summed E-state index contributed by atoms with van der Waals surface area (Å²) in [4.78, 5) is 33.1. The highest BCUT2D eigenvalue weighted by molar-refractivity contribution is 6.31. The molecule has 1 aromatic carbocycles. The van der Waals surface area contributed by atoms with Crippen LogP contribution < -0.4 is 10.2 Å². The minimum absolute atomic E-state index is 0.0542. The molecular weight excluding hydrogens is 449 g/mol. The summed E-state index contributed by atoms with van der Waals surface area (Å²) in [5.74, 6) is 0.265. The van der Waals surface area contributed by atoms with Crippen LogP contribution in [0.4, 0.5) is 18.9 Å². The van der Waals surface area contributed by atoms with E-state index in [1.807, 2.05) is 0 Å². The Hall–Kier alpha value is -3.47. The van der Waals surface area contributed by atoms with E-state index in [1.165, 1.54) is 23.3 Å². The molecule has 32 heavy (non-hydrogen) atoms. The van der Waals surface area contributed by atoms with E-state index >= 15 is 0 Å². The smallest absolute Gasteiger partial charge is 0.352 e. The Kier molecular flexibility index (Phi) is 6.78. The summed E-state index contributed by atoms with van der Waals surface area (Å²) in [6.07, 6.45) is -1.65. The first-order valence-electron chi connectivity index (χ1n) is 9.41. The molecule has 2 heterocycles. The molecule has 1 unspecified atom stereocenters. The molecule has 8 nitrogen and oxygen atoms in total. The number of alkyl halides is 3. The van der Waals surface area contributed by atoms with Crippen molar-refractivity contribution in [2.24, 2.45) is 0 Å². The van der Waals surface area contributed by atoms with Crippen LogP contribution >= 0.6 is 11.6 Å². The third kappa shape index (κ3) is 4.88. The lowest BCUT2D eigenvalue weighted by atomic mass is 10.1. The molecule has 3 rings (SSSR count). The van der Waals surface area contributed by atoms with E-state index in [1.54, 1.807) is 26.0 Å². The molecule has 0 aliphatic rings. The third-order valence-electron chi connectivity index (χ3n) is 4.55. The second kappa shape index (κ2) is 9.35. The number of hydrogen-bond donors (Lipinski definition) is 1. The number of hydrogen-bond acceptors (Lipinski definition) is 5. The normalized spacial score (nSPS) is 12.3. The second-order valence-electron chi connectivity index (χ2n) is 6.68. The second-order valence-corrected chi connectivity index (χ2v) is 7.12. The zero-order valence-corrected chi connectivity index (χ0v) is 17.7. The standard InChI is InChI=1S/C20H18ClF3N6O2/c1-3-25-19(32)13-4-5-17(26-9-13)30-18(27-10-28-30)12(2)29(11-31)16-7-14(20(22,23)24)6-15(21)8-16/h4-12H,3H2,1-2H3,(H,25,32). The van der Waals surface area contributed by atoms with Crippen LogP contribution in [0.3, 0.4) is 0 Å². The van der Waals surface area contributed by atoms with Gasteiger partial charge in [0.2, 0.25) is 6.41 Å². The Morgan fingerprint density at radius 2 is 2.03 bits per heavy atom. The van der Waals surface area contributed by atoms with Crippen LogP contribution in [-0.2, 0) is 11.0 Å². The monoisotopic (exact) mass is 466 g/mol. The summed E-state index contributed by atoms with van der Waals surface area (Å²) in [5, 5.41) is 6.58. The lowest BCUT2D eigenvalue weighted by Gasteiger charge is -2.25. The predicted octanol–water partition coefficient (Wildman–Crippen LogP) is 3.81. The number of nitrogens with one attached hydrogen (secondary N) is 1. The summed E-state index contributed by atoms with van der Waals surface area (Å²) in [5.41, 5.74) is -0.692. The molecule has 1 N–H and O–H groups in total. The van der Waals surface area contributed by atoms with Crippen LogP contribution in [0.5, 0.6) is 0 Å². The van der Waals surface area contributed by atoms with E-state index in [2.05, 4.69) is 20.4 Å². The lowest BCUT2D eigenvalue weighted by molar-refractivity contribution is -0.137. The van der Waals surface area contributed by atoms with Gasteiger partial charge < -0.3 is 10.2 Å². The Balaban J connectivity index is 1.95. The Morgan fingerprint density at radius 3 is 2.62 bits per heavy atom. The van der Waals surface area contributed by atoms with Crippen molar-refractivity contribution < 1.29 is 22.8 Å². The highest BCUT2D eigenvalue weighted by Crippen LogP contribution is 2.36. The highest BCUT2D eigenvalue weighted by Gasteiger charge is 2.32. The highest BCUT2D eigenvalue weighted by atomic mass is 35.5. The number of benzene rings is 1. The maximum Gasteiger partial charge on any atom is 0.416 e. The van der Waals surface area contributed by atoms with Gasteiger partial charge in [0.05, 0.1) is 17.2 Å². The first-order valence-corrected chi connectivity index (χ1v) is 9.79. The Labute approximate surface area is 186 Å². The average molecular weight is 467 g/mol. The van der Waals surface area contributed by atoms with Crippen molar-refractivity contribution in [3.05, 3.63) is 64.8 Å². The number of carbonyl (C=O) groups excluding carboxylic acids is 2. The van der Waals surface area contributed by atoms with Gasteiger partial charge in [-0.1, -0.05) is 11.6 Å². The molecule has 0 radical (unpaired) electrons. The van der Waals surface area contributed by atoms with Crippen LogP contribution in [0.1, 0.15) is 41.6 Å². The number of halogens is 4. The number of amides is 2. The summed E-state index contributed by atoms with van der Waals surface area (Å²) in [6, 6.07) is 5.13. The summed E-state index contributed by atoms with van der Waals surface area (Å²) in [7, 11) is 0. The van der Waals surface area contributed by atoms with Crippen molar-refractivity contribution >= 4 is 29.6 Å². The summed E-state index contributed by atoms with van der Waals surface area (Å²) in [6.45, 7) is 3.83. The van der Waals surface area contributed by atoms with Crippen LogP contribution in [0, 0.1) is 0 Å². The average Bonchev–Trinajstić information content (AvgIpc) is 3.23. The molecule has 0 bridgehead atoms. The van der Waals surface area contributed by atoms with Gasteiger partial charge in [-0.15, -0.1) is 0 Å². The zero-order chi connectivity index (χ0) is 23.5. The fourth-order valence-corrected chi connectivity index (χ4v) is 3.24. The molecule has 0 spiro atoms. The van der Waals surface area contributed by atoms with E-state index in [0.717, 1.165) is 17.0 Å². The van der Waals surface area contributed by atoms with Crippen molar-refractivity contribution in [3.63, 3.8) is 0 Å². The summed E-state index contributed by atoms with van der Waals surface area (Å²) < 4.78 is 40.9. The number of nitrogens with zero attached hydrogens (tertiary/aromatic N) is 5. The van der Waals surface area contributed by atoms with E-state index in [9.17, 15) is 22.8 Å². The van der Waals surface area contributed by atoms with Gasteiger partial charge in [0.15, 0.2) is 11.6 Å². The van der Waals surface area contributed by atoms with E-state index in [4.69, 9.17) is 11.6 Å². The third-order valence-corrected chi connectivity index (χ3v) is 4.77. The SMILES string of the molecule is CCNC(=O)c1ccc(-n2ncnc2C(C)N(C=O)c2cc(Cl)cc(C(F)(F)F)c2)nc1. The molecule has 2 aromatic heterocycles. The number of rotatable bonds is 7. The quantitative estimate of drug-likeness (QED) is 0.534.